The van der Waals surface area contributed by atoms with Crippen LogP contribution in [0.25, 0.3) is 67.2 Å². The molecule has 0 N–H and O–H groups in total. The van der Waals surface area contributed by atoms with Crippen LogP contribution in [0, 0.1) is 29.1 Å². The molecule has 0 radical (unpaired) electrons. The minimum absolute atomic E-state index is 0.356. The smallest absolute Gasteiger partial charge is 0.164 e. The van der Waals surface area contributed by atoms with Crippen molar-refractivity contribution in [1.82, 2.24) is 15.0 Å². The molecule has 4 aliphatic rings. The van der Waals surface area contributed by atoms with Gasteiger partial charge in [-0.2, -0.15) is 5.26 Å². The topological polar surface area (TPSA) is 75.6 Å². The minimum atomic E-state index is 0.356. The summed E-state index contributed by atoms with van der Waals surface area (Å²) in [6.45, 7) is 0. The first-order chi connectivity index (χ1) is 24.1. The van der Waals surface area contributed by atoms with Gasteiger partial charge in [0.05, 0.1) is 11.6 Å². The Bertz CT molecular complexity index is 2400. The Kier molecular flexibility index (Phi) is 6.36. The van der Waals surface area contributed by atoms with Crippen LogP contribution < -0.4 is 0 Å². The maximum atomic E-state index is 9.43. The number of hydrogen-bond donors (Lipinski definition) is 0. The van der Waals surface area contributed by atoms with Gasteiger partial charge in [-0.3, -0.25) is 0 Å². The third kappa shape index (κ3) is 4.77. The Hall–Kier alpha value is -5.60. The second kappa shape index (κ2) is 11.0. The van der Waals surface area contributed by atoms with Crippen molar-refractivity contribution in [3.63, 3.8) is 0 Å². The molecule has 4 fully saturated rings. The standard InChI is InChI=1S/C44H34N4O/c45-26-27-12-17-37-39(21-27)49-38-11-5-10-36(40(37)38)33-8-4-9-34(22-33)43-47-41(31-6-2-1-3-7-31)46-42(48-43)32-13-15-35(16-14-32)44-23-28-18-29(24-44)20-30(19-28)25-44/h1-17,21-22,28-30H,18-20,23-25H2/t28-,29+,30-,44?. The fourth-order valence-corrected chi connectivity index (χ4v) is 9.75. The Labute approximate surface area is 285 Å². The molecule has 0 atom stereocenters. The molecule has 2 heterocycles. The van der Waals surface area contributed by atoms with E-state index >= 15 is 0 Å². The molecule has 0 spiro atoms. The molecule has 5 nitrogen and oxygen atoms in total. The predicted molar refractivity (Wildman–Crippen MR) is 193 cm³/mol. The fourth-order valence-electron chi connectivity index (χ4n) is 9.75. The van der Waals surface area contributed by atoms with E-state index in [1.807, 2.05) is 48.5 Å². The van der Waals surface area contributed by atoms with Crippen LogP contribution in [0.5, 0.6) is 0 Å². The number of furan rings is 1. The normalized spacial score (nSPS) is 22.5. The summed E-state index contributed by atoms with van der Waals surface area (Å²) in [7, 11) is 0. The molecule has 0 unspecified atom stereocenters. The van der Waals surface area contributed by atoms with Gasteiger partial charge >= 0.3 is 0 Å². The van der Waals surface area contributed by atoms with Crippen molar-refractivity contribution in [3.8, 4) is 51.4 Å². The molecule has 11 rings (SSSR count). The predicted octanol–water partition coefficient (Wildman–Crippen LogP) is 10.8. The Morgan fingerprint density at radius 1 is 0.571 bits per heavy atom. The molecule has 4 aliphatic carbocycles. The quantitative estimate of drug-likeness (QED) is 0.188. The van der Waals surface area contributed by atoms with E-state index in [1.165, 1.54) is 44.1 Å². The molecule has 5 heteroatoms. The largest absolute Gasteiger partial charge is 0.456 e. The van der Waals surface area contributed by atoms with Crippen molar-refractivity contribution < 1.29 is 4.42 Å². The molecule has 2 aromatic heterocycles. The van der Waals surface area contributed by atoms with E-state index in [2.05, 4.69) is 72.8 Å². The van der Waals surface area contributed by atoms with Crippen LogP contribution >= 0.6 is 0 Å². The van der Waals surface area contributed by atoms with Crippen LogP contribution in [0.15, 0.2) is 120 Å². The lowest BCUT2D eigenvalue weighted by atomic mass is 9.48. The van der Waals surface area contributed by atoms with Crippen molar-refractivity contribution in [2.24, 2.45) is 17.8 Å². The second-order valence-corrected chi connectivity index (χ2v) is 14.6. The molecular formula is C44H34N4O. The summed E-state index contributed by atoms with van der Waals surface area (Å²) in [5.41, 5.74) is 8.92. The Morgan fingerprint density at radius 2 is 1.18 bits per heavy atom. The molecule has 7 aromatic rings. The SMILES string of the molecule is N#Cc1ccc2c(c1)oc1cccc(-c3cccc(-c4nc(-c5ccccc5)nc(-c5ccc(C67C[C@H]8C[C@@H](C6)C[C@@H](C7)C8)cc5)n4)c3)c12. The highest BCUT2D eigenvalue weighted by Crippen LogP contribution is 2.60. The summed E-state index contributed by atoms with van der Waals surface area (Å²) in [6, 6.07) is 41.7. The number of aromatic nitrogens is 3. The summed E-state index contributed by atoms with van der Waals surface area (Å²) < 4.78 is 6.19. The van der Waals surface area contributed by atoms with Gasteiger partial charge in [-0.15, -0.1) is 0 Å². The van der Waals surface area contributed by atoms with Gasteiger partial charge in [0.2, 0.25) is 0 Å². The number of fused-ring (bicyclic) bond motifs is 3. The first kappa shape index (κ1) is 28.4. The van der Waals surface area contributed by atoms with Gasteiger partial charge in [0, 0.05) is 27.5 Å². The van der Waals surface area contributed by atoms with Gasteiger partial charge in [-0.1, -0.05) is 84.9 Å². The van der Waals surface area contributed by atoms with Crippen molar-refractivity contribution >= 4 is 21.9 Å². The molecule has 236 valence electrons. The van der Waals surface area contributed by atoms with Gasteiger partial charge in [-0.25, -0.2) is 15.0 Å². The van der Waals surface area contributed by atoms with Crippen molar-refractivity contribution in [2.75, 3.05) is 0 Å². The number of hydrogen-bond acceptors (Lipinski definition) is 5. The lowest BCUT2D eigenvalue weighted by molar-refractivity contribution is -0.00518. The maximum Gasteiger partial charge on any atom is 0.164 e. The third-order valence-electron chi connectivity index (χ3n) is 11.5. The highest BCUT2D eigenvalue weighted by molar-refractivity contribution is 6.12. The minimum Gasteiger partial charge on any atom is -0.456 e. The van der Waals surface area contributed by atoms with Crippen molar-refractivity contribution in [3.05, 3.63) is 126 Å². The van der Waals surface area contributed by atoms with E-state index in [9.17, 15) is 5.26 Å². The van der Waals surface area contributed by atoms with Crippen LogP contribution in [0.1, 0.15) is 49.7 Å². The summed E-state index contributed by atoms with van der Waals surface area (Å²) in [5, 5.41) is 11.4. The summed E-state index contributed by atoms with van der Waals surface area (Å²) in [4.78, 5) is 15.2. The van der Waals surface area contributed by atoms with Crippen LogP contribution in [0.4, 0.5) is 0 Å². The fraction of sp³-hybridized carbons (Fsp3) is 0.227. The maximum absolute atomic E-state index is 9.43. The Morgan fingerprint density at radius 3 is 1.88 bits per heavy atom. The Balaban J connectivity index is 1.06. The van der Waals surface area contributed by atoms with Gasteiger partial charge in [0.15, 0.2) is 17.5 Å². The average Bonchev–Trinajstić information content (AvgIpc) is 3.53. The lowest BCUT2D eigenvalue weighted by Crippen LogP contribution is -2.48. The highest BCUT2D eigenvalue weighted by Gasteiger charge is 2.51. The van der Waals surface area contributed by atoms with E-state index in [0.29, 0.717) is 34.0 Å². The molecule has 49 heavy (non-hydrogen) atoms. The number of nitriles is 1. The number of benzene rings is 5. The molecule has 4 bridgehead atoms. The van der Waals surface area contributed by atoms with E-state index < -0.39 is 0 Å². The van der Waals surface area contributed by atoms with Gasteiger partial charge in [0.1, 0.15) is 11.2 Å². The van der Waals surface area contributed by atoms with E-state index in [1.54, 1.807) is 0 Å². The number of nitrogens with zero attached hydrogens (tertiary/aromatic N) is 4. The van der Waals surface area contributed by atoms with Crippen molar-refractivity contribution in [1.29, 1.82) is 5.26 Å². The van der Waals surface area contributed by atoms with Crippen molar-refractivity contribution in [2.45, 2.75) is 43.9 Å². The first-order valence-corrected chi connectivity index (χ1v) is 17.5. The van der Waals surface area contributed by atoms with Crippen LogP contribution in [0.3, 0.4) is 0 Å². The van der Waals surface area contributed by atoms with E-state index in [4.69, 9.17) is 19.4 Å². The van der Waals surface area contributed by atoms with Gasteiger partial charge < -0.3 is 4.42 Å². The summed E-state index contributed by atoms with van der Waals surface area (Å²) in [6.07, 6.45) is 8.41. The zero-order valence-electron chi connectivity index (χ0n) is 27.1. The van der Waals surface area contributed by atoms with E-state index in [0.717, 1.165) is 61.9 Å². The van der Waals surface area contributed by atoms with Gasteiger partial charge in [-0.05, 0) is 109 Å². The first-order valence-electron chi connectivity index (χ1n) is 17.5. The average molecular weight is 635 g/mol. The lowest BCUT2D eigenvalue weighted by Gasteiger charge is -2.57. The molecule has 5 aromatic carbocycles. The van der Waals surface area contributed by atoms with Crippen LogP contribution in [-0.4, -0.2) is 15.0 Å². The molecule has 0 amide bonds. The molecule has 0 saturated heterocycles. The zero-order valence-corrected chi connectivity index (χ0v) is 27.1. The van der Waals surface area contributed by atoms with Crippen LogP contribution in [0.2, 0.25) is 0 Å². The molecular weight excluding hydrogens is 601 g/mol. The molecule has 4 saturated carbocycles. The molecule has 0 aliphatic heterocycles. The third-order valence-corrected chi connectivity index (χ3v) is 11.5. The zero-order chi connectivity index (χ0) is 32.5. The van der Waals surface area contributed by atoms with Gasteiger partial charge in [0.25, 0.3) is 0 Å². The monoisotopic (exact) mass is 634 g/mol. The van der Waals surface area contributed by atoms with E-state index in [-0.39, 0.29) is 0 Å². The highest BCUT2D eigenvalue weighted by atomic mass is 16.3. The van der Waals surface area contributed by atoms with Crippen LogP contribution in [-0.2, 0) is 5.41 Å². The summed E-state index contributed by atoms with van der Waals surface area (Å²) in [5.74, 6) is 4.72. The second-order valence-electron chi connectivity index (χ2n) is 14.6. The summed E-state index contributed by atoms with van der Waals surface area (Å²) >= 11 is 0. The number of rotatable bonds is 5.